The molecule has 1 aromatic carbocycles. The van der Waals surface area contributed by atoms with Crippen LogP contribution >= 0.6 is 0 Å². The van der Waals surface area contributed by atoms with Crippen LogP contribution < -0.4 is 4.74 Å². The zero-order valence-corrected chi connectivity index (χ0v) is 17.4. The van der Waals surface area contributed by atoms with Gasteiger partial charge in [-0.25, -0.2) is 4.39 Å². The van der Waals surface area contributed by atoms with Crippen LogP contribution in [0.25, 0.3) is 0 Å². The van der Waals surface area contributed by atoms with Crippen LogP contribution in [0, 0.1) is 17.7 Å². The maximum absolute atomic E-state index is 13.8. The first-order chi connectivity index (χ1) is 14.5. The SMILES string of the molecule is CCCC1COC(CCC2COC(CCc3ccc(OC(F)F)c(F)c3)OC2)OC1. The molecule has 0 spiro atoms. The second-order valence-corrected chi connectivity index (χ2v) is 7.97. The van der Waals surface area contributed by atoms with E-state index in [0.29, 0.717) is 43.5 Å². The van der Waals surface area contributed by atoms with E-state index in [-0.39, 0.29) is 12.6 Å². The minimum Gasteiger partial charge on any atom is -0.432 e. The molecule has 30 heavy (non-hydrogen) atoms. The molecule has 0 aromatic heterocycles. The van der Waals surface area contributed by atoms with Gasteiger partial charge in [0.1, 0.15) is 0 Å². The zero-order chi connectivity index (χ0) is 21.3. The third-order valence-electron chi connectivity index (χ3n) is 5.46. The van der Waals surface area contributed by atoms with E-state index in [1.807, 2.05) is 0 Å². The van der Waals surface area contributed by atoms with Crippen LogP contribution in [0.15, 0.2) is 18.2 Å². The van der Waals surface area contributed by atoms with Crippen molar-refractivity contribution in [2.45, 2.75) is 64.6 Å². The first-order valence-corrected chi connectivity index (χ1v) is 10.7. The molecule has 2 fully saturated rings. The summed E-state index contributed by atoms with van der Waals surface area (Å²) in [5, 5.41) is 0. The minimum absolute atomic E-state index is 0.136. The molecule has 0 bridgehead atoms. The number of hydrogen-bond acceptors (Lipinski definition) is 5. The molecule has 2 aliphatic heterocycles. The molecule has 0 unspecified atom stereocenters. The summed E-state index contributed by atoms with van der Waals surface area (Å²) in [6, 6.07) is 4.00. The van der Waals surface area contributed by atoms with E-state index in [1.54, 1.807) is 6.07 Å². The van der Waals surface area contributed by atoms with E-state index >= 15 is 0 Å². The van der Waals surface area contributed by atoms with Crippen molar-refractivity contribution in [2.24, 2.45) is 11.8 Å². The molecule has 170 valence electrons. The highest BCUT2D eigenvalue weighted by atomic mass is 19.3. The van der Waals surface area contributed by atoms with Crippen LogP contribution in [0.2, 0.25) is 0 Å². The molecule has 5 nitrogen and oxygen atoms in total. The number of benzene rings is 1. The van der Waals surface area contributed by atoms with E-state index in [2.05, 4.69) is 11.7 Å². The fraction of sp³-hybridized carbons (Fsp3) is 0.727. The van der Waals surface area contributed by atoms with Gasteiger partial charge in [0.15, 0.2) is 24.1 Å². The van der Waals surface area contributed by atoms with Gasteiger partial charge in [-0.15, -0.1) is 0 Å². The predicted molar refractivity (Wildman–Crippen MR) is 104 cm³/mol. The highest BCUT2D eigenvalue weighted by molar-refractivity contribution is 5.29. The number of aryl methyl sites for hydroxylation is 1. The summed E-state index contributed by atoms with van der Waals surface area (Å²) in [6.45, 7) is 1.87. The fourth-order valence-electron chi connectivity index (χ4n) is 3.79. The van der Waals surface area contributed by atoms with Crippen molar-refractivity contribution in [1.29, 1.82) is 0 Å². The van der Waals surface area contributed by atoms with E-state index in [0.717, 1.165) is 38.9 Å². The lowest BCUT2D eigenvalue weighted by atomic mass is 10.0. The van der Waals surface area contributed by atoms with Gasteiger partial charge in [-0.1, -0.05) is 19.4 Å². The summed E-state index contributed by atoms with van der Waals surface area (Å²) in [7, 11) is 0. The van der Waals surface area contributed by atoms with Crippen molar-refractivity contribution in [2.75, 3.05) is 26.4 Å². The highest BCUT2D eigenvalue weighted by Crippen LogP contribution is 2.25. The Hall–Kier alpha value is -1.35. The summed E-state index contributed by atoms with van der Waals surface area (Å²) in [5.74, 6) is -0.444. The third-order valence-corrected chi connectivity index (χ3v) is 5.46. The van der Waals surface area contributed by atoms with E-state index in [9.17, 15) is 13.2 Å². The van der Waals surface area contributed by atoms with Crippen molar-refractivity contribution < 1.29 is 36.9 Å². The molecule has 2 aliphatic rings. The third kappa shape index (κ3) is 7.41. The smallest absolute Gasteiger partial charge is 0.387 e. The topological polar surface area (TPSA) is 46.2 Å². The van der Waals surface area contributed by atoms with Crippen LogP contribution in [-0.4, -0.2) is 45.6 Å². The van der Waals surface area contributed by atoms with Gasteiger partial charge in [0.2, 0.25) is 0 Å². The molecule has 2 saturated heterocycles. The number of rotatable bonds is 10. The maximum atomic E-state index is 13.8. The van der Waals surface area contributed by atoms with E-state index in [1.165, 1.54) is 12.1 Å². The molecular formula is C22H31F3O5. The summed E-state index contributed by atoms with van der Waals surface area (Å²) in [6.07, 6.45) is 4.62. The standard InChI is InChI=1S/C22H31F3O5/c1-2-3-16-11-26-21(27-12-16)9-6-17-13-28-20(29-14-17)8-5-15-4-7-19(18(23)10-15)30-22(24)25/h4,7,10,16-17,20-22H,2-3,5-6,8-9,11-14H2,1H3. The van der Waals surface area contributed by atoms with E-state index in [4.69, 9.17) is 18.9 Å². The molecule has 0 saturated carbocycles. The lowest BCUT2D eigenvalue weighted by Crippen LogP contribution is -2.35. The van der Waals surface area contributed by atoms with Gasteiger partial charge >= 0.3 is 6.61 Å². The van der Waals surface area contributed by atoms with Gasteiger partial charge in [0.05, 0.1) is 26.4 Å². The first kappa shape index (κ1) is 23.3. The van der Waals surface area contributed by atoms with Crippen LogP contribution in [0.1, 0.15) is 44.6 Å². The minimum atomic E-state index is -3.04. The van der Waals surface area contributed by atoms with Crippen LogP contribution in [0.3, 0.4) is 0 Å². The van der Waals surface area contributed by atoms with Crippen molar-refractivity contribution in [3.05, 3.63) is 29.6 Å². The molecule has 3 rings (SSSR count). The lowest BCUT2D eigenvalue weighted by Gasteiger charge is -2.32. The molecule has 0 amide bonds. The Morgan fingerprint density at radius 3 is 2.07 bits per heavy atom. The largest absolute Gasteiger partial charge is 0.432 e. The van der Waals surface area contributed by atoms with Crippen LogP contribution in [0.5, 0.6) is 5.75 Å². The summed E-state index contributed by atoms with van der Waals surface area (Å²) >= 11 is 0. The quantitative estimate of drug-likeness (QED) is 0.525. The maximum Gasteiger partial charge on any atom is 0.387 e. The van der Waals surface area contributed by atoms with Crippen molar-refractivity contribution >= 4 is 0 Å². The number of hydrogen-bond donors (Lipinski definition) is 0. The Balaban J connectivity index is 1.31. The molecule has 0 aliphatic carbocycles. The molecule has 0 atom stereocenters. The molecule has 1 aromatic rings. The van der Waals surface area contributed by atoms with Gasteiger partial charge in [-0.2, -0.15) is 8.78 Å². The first-order valence-electron chi connectivity index (χ1n) is 10.7. The summed E-state index contributed by atoms with van der Waals surface area (Å²) in [5.41, 5.74) is 0.677. The Labute approximate surface area is 175 Å². The fourth-order valence-corrected chi connectivity index (χ4v) is 3.79. The van der Waals surface area contributed by atoms with E-state index < -0.39 is 18.2 Å². The van der Waals surface area contributed by atoms with Crippen LogP contribution in [0.4, 0.5) is 13.2 Å². The zero-order valence-electron chi connectivity index (χ0n) is 17.4. The van der Waals surface area contributed by atoms with Gasteiger partial charge in [0, 0.05) is 18.3 Å². The molecule has 8 heteroatoms. The van der Waals surface area contributed by atoms with Crippen molar-refractivity contribution in [3.8, 4) is 5.75 Å². The second kappa shape index (κ2) is 11.9. The Bertz CT molecular complexity index is 629. The second-order valence-electron chi connectivity index (χ2n) is 7.97. The van der Waals surface area contributed by atoms with Crippen molar-refractivity contribution in [3.63, 3.8) is 0 Å². The van der Waals surface area contributed by atoms with Gasteiger partial charge in [0.25, 0.3) is 0 Å². The van der Waals surface area contributed by atoms with Crippen LogP contribution in [-0.2, 0) is 25.4 Å². The number of halogens is 3. The number of ether oxygens (including phenoxy) is 5. The lowest BCUT2D eigenvalue weighted by molar-refractivity contribution is -0.219. The molecular weight excluding hydrogens is 401 g/mol. The molecule has 0 radical (unpaired) electrons. The normalized spacial score (nSPS) is 27.4. The summed E-state index contributed by atoms with van der Waals surface area (Å²) < 4.78 is 65.4. The predicted octanol–water partition coefficient (Wildman–Crippen LogP) is 4.92. The highest BCUT2D eigenvalue weighted by Gasteiger charge is 2.26. The molecule has 0 N–H and O–H groups in total. The average Bonchev–Trinajstić information content (AvgIpc) is 2.74. The van der Waals surface area contributed by atoms with Gasteiger partial charge in [-0.05, 0) is 43.4 Å². The van der Waals surface area contributed by atoms with Gasteiger partial charge < -0.3 is 23.7 Å². The summed E-state index contributed by atoms with van der Waals surface area (Å²) in [4.78, 5) is 0. The Morgan fingerprint density at radius 1 is 0.900 bits per heavy atom. The monoisotopic (exact) mass is 432 g/mol. The van der Waals surface area contributed by atoms with Crippen molar-refractivity contribution in [1.82, 2.24) is 0 Å². The average molecular weight is 432 g/mol. The van der Waals surface area contributed by atoms with Gasteiger partial charge in [-0.3, -0.25) is 0 Å². The Kier molecular flexibility index (Phi) is 9.24. The Morgan fingerprint density at radius 2 is 1.50 bits per heavy atom. The number of alkyl halides is 2. The molecule has 2 heterocycles.